The first-order chi connectivity index (χ1) is 13.9. The molecule has 2 aromatic heterocycles. The molecule has 0 radical (unpaired) electrons. The maximum absolute atomic E-state index is 10.4. The van der Waals surface area contributed by atoms with E-state index < -0.39 is 5.60 Å². The van der Waals surface area contributed by atoms with Crippen LogP contribution in [0.1, 0.15) is 19.0 Å². The van der Waals surface area contributed by atoms with E-state index in [1.54, 1.807) is 18.3 Å². The molecule has 10 heteroatoms. The predicted molar refractivity (Wildman–Crippen MR) is 114 cm³/mol. The molecule has 2 fully saturated rings. The average Bonchev–Trinajstić information content (AvgIpc) is 3.08. The maximum atomic E-state index is 10.4. The van der Waals surface area contributed by atoms with Crippen molar-refractivity contribution in [2.24, 2.45) is 0 Å². The number of anilines is 4. The quantitative estimate of drug-likeness (QED) is 0.663. The van der Waals surface area contributed by atoms with Crippen LogP contribution >= 0.6 is 11.6 Å². The third-order valence-corrected chi connectivity index (χ3v) is 5.56. The largest absolute Gasteiger partial charge is 0.393 e. The standard InChI is InChI=1S/C19H26ClN7O2/c1-19(28)4-6-27(12-19)17-15(21)16(23-11-14-13(20)3-2-5-22-14)24-18(25-17)26-7-9-29-10-8-26/h2-3,5,28H,4,6-12,21H2,1H3,(H,23,24,25). The number of halogens is 1. The van der Waals surface area contributed by atoms with Gasteiger partial charge in [-0.05, 0) is 25.5 Å². The van der Waals surface area contributed by atoms with E-state index >= 15 is 0 Å². The van der Waals surface area contributed by atoms with Gasteiger partial charge in [-0.2, -0.15) is 9.97 Å². The van der Waals surface area contributed by atoms with Crippen molar-refractivity contribution in [1.82, 2.24) is 15.0 Å². The molecule has 4 N–H and O–H groups in total. The fourth-order valence-electron chi connectivity index (χ4n) is 3.57. The molecule has 2 aliphatic rings. The number of hydrogen-bond acceptors (Lipinski definition) is 9. The lowest BCUT2D eigenvalue weighted by molar-refractivity contribution is 0.0839. The fourth-order valence-corrected chi connectivity index (χ4v) is 3.76. The Kier molecular flexibility index (Phi) is 5.62. The smallest absolute Gasteiger partial charge is 0.229 e. The minimum atomic E-state index is -0.758. The summed E-state index contributed by atoms with van der Waals surface area (Å²) in [5.74, 6) is 1.76. The van der Waals surface area contributed by atoms with Crippen LogP contribution in [0, 0.1) is 0 Å². The highest BCUT2D eigenvalue weighted by Crippen LogP contribution is 2.34. The van der Waals surface area contributed by atoms with Crippen LogP contribution in [0.25, 0.3) is 0 Å². The van der Waals surface area contributed by atoms with Gasteiger partial charge in [0, 0.05) is 32.4 Å². The number of hydrogen-bond donors (Lipinski definition) is 3. The summed E-state index contributed by atoms with van der Waals surface area (Å²) in [6.07, 6.45) is 2.36. The van der Waals surface area contributed by atoms with Gasteiger partial charge in [-0.15, -0.1) is 0 Å². The Morgan fingerprint density at radius 1 is 1.28 bits per heavy atom. The third kappa shape index (κ3) is 4.47. The van der Waals surface area contributed by atoms with Crippen LogP contribution in [-0.4, -0.2) is 65.1 Å². The van der Waals surface area contributed by atoms with Crippen molar-refractivity contribution < 1.29 is 9.84 Å². The van der Waals surface area contributed by atoms with Crippen molar-refractivity contribution in [3.63, 3.8) is 0 Å². The minimum Gasteiger partial charge on any atom is -0.393 e. The van der Waals surface area contributed by atoms with Crippen LogP contribution in [-0.2, 0) is 11.3 Å². The number of aliphatic hydroxyl groups is 1. The van der Waals surface area contributed by atoms with Crippen molar-refractivity contribution in [3.8, 4) is 0 Å². The molecule has 0 aliphatic carbocycles. The zero-order chi connectivity index (χ0) is 20.4. The normalized spacial score (nSPS) is 22.2. The molecule has 0 bridgehead atoms. The van der Waals surface area contributed by atoms with Gasteiger partial charge in [0.25, 0.3) is 0 Å². The number of pyridine rings is 1. The monoisotopic (exact) mass is 419 g/mol. The molecule has 1 atom stereocenters. The molecule has 2 aliphatic heterocycles. The molecule has 4 heterocycles. The van der Waals surface area contributed by atoms with Gasteiger partial charge >= 0.3 is 0 Å². The molecule has 2 aromatic rings. The Balaban J connectivity index is 1.65. The van der Waals surface area contributed by atoms with Gasteiger partial charge in [0.2, 0.25) is 5.95 Å². The molecule has 4 rings (SSSR count). The Morgan fingerprint density at radius 2 is 2.07 bits per heavy atom. The van der Waals surface area contributed by atoms with Gasteiger partial charge < -0.3 is 30.7 Å². The zero-order valence-electron chi connectivity index (χ0n) is 16.4. The van der Waals surface area contributed by atoms with Crippen LogP contribution < -0.4 is 20.9 Å². The number of nitrogens with one attached hydrogen (secondary N) is 1. The fraction of sp³-hybridized carbons (Fsp3) is 0.526. The van der Waals surface area contributed by atoms with Gasteiger partial charge in [0.05, 0.1) is 36.1 Å². The Morgan fingerprint density at radius 3 is 2.76 bits per heavy atom. The van der Waals surface area contributed by atoms with Gasteiger partial charge in [-0.1, -0.05) is 11.6 Å². The lowest BCUT2D eigenvalue weighted by Crippen LogP contribution is -2.38. The van der Waals surface area contributed by atoms with Crippen LogP contribution in [0.2, 0.25) is 5.02 Å². The summed E-state index contributed by atoms with van der Waals surface area (Å²) < 4.78 is 5.45. The van der Waals surface area contributed by atoms with E-state index in [0.717, 1.165) is 0 Å². The second-order valence-electron chi connectivity index (χ2n) is 7.66. The minimum absolute atomic E-state index is 0.389. The van der Waals surface area contributed by atoms with Crippen molar-refractivity contribution >= 4 is 34.9 Å². The highest BCUT2D eigenvalue weighted by atomic mass is 35.5. The first-order valence-electron chi connectivity index (χ1n) is 9.74. The highest BCUT2D eigenvalue weighted by Gasteiger charge is 2.34. The van der Waals surface area contributed by atoms with Crippen molar-refractivity contribution in [1.29, 1.82) is 0 Å². The van der Waals surface area contributed by atoms with Crippen molar-refractivity contribution in [3.05, 3.63) is 29.0 Å². The van der Waals surface area contributed by atoms with E-state index in [-0.39, 0.29) is 0 Å². The SMILES string of the molecule is CC1(O)CCN(c2nc(N3CCOCC3)nc(NCc3ncccc3Cl)c2N)C1. The van der Waals surface area contributed by atoms with Crippen molar-refractivity contribution in [2.75, 3.05) is 60.2 Å². The number of ether oxygens (including phenoxy) is 1. The van der Waals surface area contributed by atoms with Crippen LogP contribution in [0.15, 0.2) is 18.3 Å². The number of morpholine rings is 1. The highest BCUT2D eigenvalue weighted by molar-refractivity contribution is 6.31. The van der Waals surface area contributed by atoms with Gasteiger partial charge in [0.1, 0.15) is 5.69 Å². The van der Waals surface area contributed by atoms with E-state index in [1.807, 2.05) is 11.8 Å². The van der Waals surface area contributed by atoms with E-state index in [1.165, 1.54) is 0 Å². The molecule has 2 saturated heterocycles. The maximum Gasteiger partial charge on any atom is 0.229 e. The Bertz CT molecular complexity index is 874. The Hall–Kier alpha value is -2.36. The first kappa shape index (κ1) is 19.9. The lowest BCUT2D eigenvalue weighted by atomic mass is 10.1. The van der Waals surface area contributed by atoms with E-state index in [2.05, 4.69) is 20.2 Å². The molecular formula is C19H26ClN7O2. The summed E-state index contributed by atoms with van der Waals surface area (Å²) in [6, 6.07) is 3.59. The second kappa shape index (κ2) is 8.17. The summed E-state index contributed by atoms with van der Waals surface area (Å²) in [4.78, 5) is 17.8. The molecular weight excluding hydrogens is 394 g/mol. The summed E-state index contributed by atoms with van der Waals surface area (Å²) in [7, 11) is 0. The Labute approximate surface area is 174 Å². The van der Waals surface area contributed by atoms with Crippen molar-refractivity contribution in [2.45, 2.75) is 25.5 Å². The van der Waals surface area contributed by atoms with Crippen LogP contribution in [0.3, 0.4) is 0 Å². The van der Waals surface area contributed by atoms with Crippen LogP contribution in [0.5, 0.6) is 0 Å². The molecule has 1 unspecified atom stereocenters. The van der Waals surface area contributed by atoms with Gasteiger partial charge in [-0.3, -0.25) is 4.98 Å². The lowest BCUT2D eigenvalue weighted by Gasteiger charge is -2.29. The summed E-state index contributed by atoms with van der Waals surface area (Å²) in [6.45, 7) is 6.07. The summed E-state index contributed by atoms with van der Waals surface area (Å²) in [5.41, 5.74) is 6.85. The number of nitrogens with two attached hydrogens (primary N) is 1. The van der Waals surface area contributed by atoms with E-state index in [4.69, 9.17) is 27.1 Å². The second-order valence-corrected chi connectivity index (χ2v) is 8.07. The molecule has 0 saturated carbocycles. The van der Waals surface area contributed by atoms with Gasteiger partial charge in [0.15, 0.2) is 11.6 Å². The zero-order valence-corrected chi connectivity index (χ0v) is 17.2. The number of β-amino-alcohol motifs (C(OH)–C–C–N with tert-alkyl or cyclic N) is 1. The predicted octanol–water partition coefficient (Wildman–Crippen LogP) is 1.52. The number of aromatic nitrogens is 3. The van der Waals surface area contributed by atoms with Gasteiger partial charge in [-0.25, -0.2) is 0 Å². The first-order valence-corrected chi connectivity index (χ1v) is 10.1. The molecule has 29 heavy (non-hydrogen) atoms. The topological polar surface area (TPSA) is 113 Å². The molecule has 0 amide bonds. The number of nitrogen functional groups attached to an aromatic ring is 1. The summed E-state index contributed by atoms with van der Waals surface area (Å²) in [5, 5.41) is 14.2. The molecule has 0 aromatic carbocycles. The molecule has 9 nitrogen and oxygen atoms in total. The molecule has 156 valence electrons. The number of nitrogens with zero attached hydrogens (tertiary/aromatic N) is 5. The molecule has 0 spiro atoms. The van der Waals surface area contributed by atoms with E-state index in [0.29, 0.717) is 86.3 Å². The number of rotatable bonds is 5. The summed E-state index contributed by atoms with van der Waals surface area (Å²) >= 11 is 6.22. The third-order valence-electron chi connectivity index (χ3n) is 5.22. The van der Waals surface area contributed by atoms with E-state index in [9.17, 15) is 5.11 Å². The average molecular weight is 420 g/mol. The van der Waals surface area contributed by atoms with Crippen LogP contribution in [0.4, 0.5) is 23.3 Å².